The predicted molar refractivity (Wildman–Crippen MR) is 66.3 cm³/mol. The lowest BCUT2D eigenvalue weighted by Crippen LogP contribution is -1.87. The van der Waals surface area contributed by atoms with Gasteiger partial charge in [0.1, 0.15) is 11.5 Å². The Hall–Kier alpha value is -1.44. The third kappa shape index (κ3) is 2.21. The summed E-state index contributed by atoms with van der Waals surface area (Å²) in [6.07, 6.45) is 0. The Kier molecular flexibility index (Phi) is 3.18. The summed E-state index contributed by atoms with van der Waals surface area (Å²) in [5, 5.41) is 14.5. The molecule has 2 rings (SSSR count). The Labute approximate surface area is 105 Å². The van der Waals surface area contributed by atoms with E-state index in [0.29, 0.717) is 11.3 Å². The number of aromatic nitrogens is 1. The van der Waals surface area contributed by atoms with Crippen LogP contribution in [0.3, 0.4) is 0 Å². The summed E-state index contributed by atoms with van der Waals surface area (Å²) in [5.74, 6) is 0.752. The third-order valence-corrected chi connectivity index (χ3v) is 2.80. The Balaban J connectivity index is 2.40. The highest BCUT2D eigenvalue weighted by Crippen LogP contribution is 2.24. The monoisotopic (exact) mass is 330 g/mol. The second kappa shape index (κ2) is 4.60. The predicted octanol–water partition coefficient (Wildman–Crippen LogP) is 3.18. The molecule has 0 aliphatic rings. The van der Waals surface area contributed by atoms with E-state index in [9.17, 15) is 10.1 Å². The molecule has 0 saturated heterocycles. The number of rotatable bonds is 3. The van der Waals surface area contributed by atoms with Crippen LogP contribution in [-0.2, 0) is 4.43 Å². The van der Waals surface area contributed by atoms with Crippen molar-refractivity contribution < 1.29 is 9.45 Å². The maximum atomic E-state index is 10.6. The maximum absolute atomic E-state index is 10.6. The minimum atomic E-state index is -0.428. The van der Waals surface area contributed by atoms with Gasteiger partial charge in [-0.1, -0.05) is 39.9 Å². The van der Waals surface area contributed by atoms with E-state index in [1.807, 2.05) is 0 Å². The number of hydrogen-bond donors (Lipinski definition) is 0. The van der Waals surface area contributed by atoms with E-state index in [4.69, 9.17) is 4.52 Å². The highest BCUT2D eigenvalue weighted by Gasteiger charge is 2.10. The van der Waals surface area contributed by atoms with Crippen LogP contribution in [0.25, 0.3) is 11.3 Å². The quantitative estimate of drug-likeness (QED) is 0.375. The van der Waals surface area contributed by atoms with E-state index in [0.717, 1.165) is 10.2 Å². The van der Waals surface area contributed by atoms with Gasteiger partial charge in [0.05, 0.1) is 9.35 Å². The van der Waals surface area contributed by atoms with Crippen LogP contribution in [0.2, 0.25) is 0 Å². The van der Waals surface area contributed by atoms with Gasteiger partial charge < -0.3 is 4.52 Å². The van der Waals surface area contributed by atoms with Crippen LogP contribution >= 0.6 is 22.6 Å². The SMILES string of the molecule is O=[N+]([O-])c1cccc(-c2cc(CI)on2)c1. The van der Waals surface area contributed by atoms with Gasteiger partial charge in [-0.2, -0.15) is 0 Å². The molecule has 1 aromatic heterocycles. The van der Waals surface area contributed by atoms with E-state index >= 15 is 0 Å². The van der Waals surface area contributed by atoms with Gasteiger partial charge in [-0.25, -0.2) is 0 Å². The minimum absolute atomic E-state index is 0.0523. The summed E-state index contributed by atoms with van der Waals surface area (Å²) < 4.78 is 5.76. The standard InChI is InChI=1S/C10H7IN2O3/c11-6-9-5-10(12-16-9)7-2-1-3-8(4-7)13(14)15/h1-5H,6H2. The van der Waals surface area contributed by atoms with Gasteiger partial charge in [-0.3, -0.25) is 10.1 Å². The zero-order chi connectivity index (χ0) is 11.5. The summed E-state index contributed by atoms with van der Waals surface area (Å²) in [4.78, 5) is 10.2. The molecule has 0 unspecified atom stereocenters. The zero-order valence-corrected chi connectivity index (χ0v) is 10.2. The van der Waals surface area contributed by atoms with Gasteiger partial charge in [0.25, 0.3) is 5.69 Å². The molecule has 0 radical (unpaired) electrons. The van der Waals surface area contributed by atoms with Crippen molar-refractivity contribution in [1.29, 1.82) is 0 Å². The van der Waals surface area contributed by atoms with Crippen molar-refractivity contribution in [3.8, 4) is 11.3 Å². The smallest absolute Gasteiger partial charge is 0.270 e. The van der Waals surface area contributed by atoms with Crippen molar-refractivity contribution in [2.45, 2.75) is 4.43 Å². The Bertz CT molecular complexity index is 524. The zero-order valence-electron chi connectivity index (χ0n) is 8.09. The number of nitro benzene ring substituents is 1. The molecular formula is C10H7IN2O3. The number of benzene rings is 1. The van der Waals surface area contributed by atoms with Crippen LogP contribution in [0, 0.1) is 10.1 Å². The summed E-state index contributed by atoms with van der Waals surface area (Å²) in [5.41, 5.74) is 1.36. The maximum Gasteiger partial charge on any atom is 0.270 e. The highest BCUT2D eigenvalue weighted by molar-refractivity contribution is 14.1. The number of hydrogen-bond acceptors (Lipinski definition) is 4. The first-order valence-electron chi connectivity index (χ1n) is 4.47. The van der Waals surface area contributed by atoms with E-state index in [-0.39, 0.29) is 5.69 Å². The summed E-state index contributed by atoms with van der Waals surface area (Å²) >= 11 is 2.16. The molecule has 0 saturated carbocycles. The Morgan fingerprint density at radius 3 is 2.88 bits per heavy atom. The highest BCUT2D eigenvalue weighted by atomic mass is 127. The van der Waals surface area contributed by atoms with Gasteiger partial charge in [0, 0.05) is 23.8 Å². The van der Waals surface area contributed by atoms with Crippen molar-refractivity contribution in [2.75, 3.05) is 0 Å². The van der Waals surface area contributed by atoms with Crippen molar-refractivity contribution >= 4 is 28.3 Å². The Morgan fingerprint density at radius 2 is 2.25 bits per heavy atom. The molecule has 1 aromatic carbocycles. The Morgan fingerprint density at radius 1 is 1.44 bits per heavy atom. The lowest BCUT2D eigenvalue weighted by molar-refractivity contribution is -0.384. The minimum Gasteiger partial charge on any atom is -0.360 e. The van der Waals surface area contributed by atoms with Crippen LogP contribution in [0.5, 0.6) is 0 Å². The van der Waals surface area contributed by atoms with Crippen molar-refractivity contribution in [3.05, 3.63) is 46.2 Å². The lowest BCUT2D eigenvalue weighted by Gasteiger charge is -1.94. The number of non-ortho nitro benzene ring substituents is 1. The number of halogens is 1. The fourth-order valence-electron chi connectivity index (χ4n) is 1.29. The molecule has 5 nitrogen and oxygen atoms in total. The van der Waals surface area contributed by atoms with Crippen molar-refractivity contribution in [3.63, 3.8) is 0 Å². The average Bonchev–Trinajstić information content (AvgIpc) is 2.77. The van der Waals surface area contributed by atoms with Crippen molar-refractivity contribution in [1.82, 2.24) is 5.16 Å². The van der Waals surface area contributed by atoms with Crippen LogP contribution in [0.4, 0.5) is 5.69 Å². The van der Waals surface area contributed by atoms with Crippen LogP contribution in [0.1, 0.15) is 5.76 Å². The van der Waals surface area contributed by atoms with Crippen LogP contribution < -0.4 is 0 Å². The van der Waals surface area contributed by atoms with Gasteiger partial charge in [-0.05, 0) is 0 Å². The fraction of sp³-hybridized carbons (Fsp3) is 0.100. The average molecular weight is 330 g/mol. The summed E-state index contributed by atoms with van der Waals surface area (Å²) in [6.45, 7) is 0. The number of nitro groups is 1. The van der Waals surface area contributed by atoms with Gasteiger partial charge in [-0.15, -0.1) is 0 Å². The summed E-state index contributed by atoms with van der Waals surface area (Å²) in [6, 6.07) is 8.11. The first-order chi connectivity index (χ1) is 7.70. The molecule has 0 atom stereocenters. The number of nitrogens with zero attached hydrogens (tertiary/aromatic N) is 2. The first-order valence-corrected chi connectivity index (χ1v) is 5.99. The largest absolute Gasteiger partial charge is 0.360 e. The molecule has 0 spiro atoms. The van der Waals surface area contributed by atoms with E-state index in [1.54, 1.807) is 18.2 Å². The molecule has 0 amide bonds. The third-order valence-electron chi connectivity index (χ3n) is 2.04. The number of alkyl halides is 1. The second-order valence-corrected chi connectivity index (χ2v) is 3.88. The topological polar surface area (TPSA) is 69.2 Å². The van der Waals surface area contributed by atoms with E-state index in [1.165, 1.54) is 12.1 Å². The molecule has 0 aliphatic carbocycles. The fourth-order valence-corrected chi connectivity index (χ4v) is 1.65. The molecule has 2 aromatic rings. The van der Waals surface area contributed by atoms with Gasteiger partial charge in [0.2, 0.25) is 0 Å². The van der Waals surface area contributed by atoms with Gasteiger partial charge in [0.15, 0.2) is 0 Å². The molecule has 0 bridgehead atoms. The molecule has 0 N–H and O–H groups in total. The van der Waals surface area contributed by atoms with Gasteiger partial charge >= 0.3 is 0 Å². The first kappa shape index (κ1) is 11.1. The summed E-state index contributed by atoms with van der Waals surface area (Å²) in [7, 11) is 0. The van der Waals surface area contributed by atoms with E-state index < -0.39 is 4.92 Å². The molecule has 1 heterocycles. The molecule has 0 aliphatic heterocycles. The molecule has 82 valence electrons. The lowest BCUT2D eigenvalue weighted by atomic mass is 10.1. The molecule has 6 heteroatoms. The normalized spacial score (nSPS) is 10.3. The van der Waals surface area contributed by atoms with Crippen LogP contribution in [-0.4, -0.2) is 10.1 Å². The van der Waals surface area contributed by atoms with Crippen LogP contribution in [0.15, 0.2) is 34.9 Å². The van der Waals surface area contributed by atoms with Crippen molar-refractivity contribution in [2.24, 2.45) is 0 Å². The van der Waals surface area contributed by atoms with E-state index in [2.05, 4.69) is 27.7 Å². The molecule has 16 heavy (non-hydrogen) atoms. The second-order valence-electron chi connectivity index (χ2n) is 3.12. The molecular weight excluding hydrogens is 323 g/mol. The molecule has 0 fully saturated rings.